The van der Waals surface area contributed by atoms with Crippen molar-refractivity contribution in [2.24, 2.45) is 5.73 Å². The number of hydrogen-bond donors (Lipinski definition) is 3. The van der Waals surface area contributed by atoms with Gasteiger partial charge < -0.3 is 20.7 Å². The molecule has 0 aliphatic carbocycles. The van der Waals surface area contributed by atoms with E-state index in [1.807, 2.05) is 24.4 Å². The smallest absolute Gasteiger partial charge is 0.320 e. The van der Waals surface area contributed by atoms with Gasteiger partial charge in [0.2, 0.25) is 0 Å². The van der Waals surface area contributed by atoms with Gasteiger partial charge >= 0.3 is 5.97 Å². The molecular weight excluding hydrogens is 325 g/mol. The zero-order valence-corrected chi connectivity index (χ0v) is 13.6. The van der Waals surface area contributed by atoms with Crippen molar-refractivity contribution in [2.75, 3.05) is 29.7 Å². The van der Waals surface area contributed by atoms with Crippen LogP contribution < -0.4 is 10.6 Å². The first-order valence-corrected chi connectivity index (χ1v) is 8.09. The lowest BCUT2D eigenvalue weighted by molar-refractivity contribution is -0.138. The van der Waals surface area contributed by atoms with Crippen LogP contribution in [0.1, 0.15) is 5.56 Å². The number of nitrogens with zero attached hydrogens (tertiary/aromatic N) is 1. The Hall–Kier alpha value is -1.43. The van der Waals surface area contributed by atoms with E-state index in [1.54, 1.807) is 0 Å². The van der Waals surface area contributed by atoms with Crippen molar-refractivity contribution < 1.29 is 9.90 Å². The second-order valence-electron chi connectivity index (χ2n) is 5.06. The first kappa shape index (κ1) is 16.9. The third-order valence-corrected chi connectivity index (χ3v) is 3.92. The molecule has 0 aliphatic rings. The van der Waals surface area contributed by atoms with Crippen LogP contribution in [0.3, 0.4) is 0 Å². The number of fused-ring (bicyclic) bond motifs is 1. The van der Waals surface area contributed by atoms with Crippen molar-refractivity contribution in [1.29, 1.82) is 0 Å². The molecule has 0 saturated carbocycles. The minimum atomic E-state index is -1.00. The number of alkyl halides is 2. The summed E-state index contributed by atoms with van der Waals surface area (Å²) in [6.45, 7) is 1.41. The van der Waals surface area contributed by atoms with Crippen molar-refractivity contribution in [3.63, 3.8) is 0 Å². The van der Waals surface area contributed by atoms with E-state index in [1.165, 1.54) is 0 Å². The molecule has 1 atom stereocenters. The van der Waals surface area contributed by atoms with Crippen molar-refractivity contribution in [1.82, 2.24) is 4.98 Å². The highest BCUT2D eigenvalue weighted by Crippen LogP contribution is 2.25. The van der Waals surface area contributed by atoms with E-state index < -0.39 is 12.0 Å². The van der Waals surface area contributed by atoms with Gasteiger partial charge in [-0.3, -0.25) is 4.79 Å². The Morgan fingerprint density at radius 2 is 2.00 bits per heavy atom. The Balaban J connectivity index is 2.33. The van der Waals surface area contributed by atoms with Crippen LogP contribution in [0, 0.1) is 0 Å². The highest BCUT2D eigenvalue weighted by Gasteiger charge is 2.16. The molecular formula is C15H19Cl2N3O2. The van der Waals surface area contributed by atoms with Crippen LogP contribution in [0.25, 0.3) is 10.9 Å². The maximum Gasteiger partial charge on any atom is 0.320 e. The van der Waals surface area contributed by atoms with Crippen LogP contribution in [0.4, 0.5) is 5.69 Å². The minimum absolute atomic E-state index is 0.282. The summed E-state index contributed by atoms with van der Waals surface area (Å²) in [5.74, 6) is 0.0221. The predicted octanol–water partition coefficient (Wildman–Crippen LogP) is 2.41. The first-order valence-electron chi connectivity index (χ1n) is 7.02. The van der Waals surface area contributed by atoms with Crippen LogP contribution in [0.5, 0.6) is 0 Å². The Labute approximate surface area is 139 Å². The normalized spacial score (nSPS) is 12.5. The van der Waals surface area contributed by atoms with E-state index in [2.05, 4.69) is 9.88 Å². The lowest BCUT2D eigenvalue weighted by Crippen LogP contribution is -2.32. The molecule has 22 heavy (non-hydrogen) atoms. The molecule has 7 heteroatoms. The average Bonchev–Trinajstić information content (AvgIpc) is 2.89. The standard InChI is InChI=1S/C15H19Cl2N3O2/c16-3-5-20(6-4-17)11-1-2-14-12(8-11)10(9-19-14)7-13(18)15(21)22/h1-2,8-9,13,19H,3-7,18H2,(H,21,22)/t13-/m1/s1. The van der Waals surface area contributed by atoms with Crippen molar-refractivity contribution in [3.8, 4) is 0 Å². The van der Waals surface area contributed by atoms with Gasteiger partial charge in [-0.05, 0) is 23.8 Å². The molecule has 120 valence electrons. The quantitative estimate of drug-likeness (QED) is 0.642. The molecule has 1 aromatic heterocycles. The highest BCUT2D eigenvalue weighted by atomic mass is 35.5. The number of H-pyrrole nitrogens is 1. The van der Waals surface area contributed by atoms with Gasteiger partial charge in [-0.2, -0.15) is 0 Å². The Kier molecular flexibility index (Phi) is 5.94. The summed E-state index contributed by atoms with van der Waals surface area (Å²) in [4.78, 5) is 16.2. The Bertz CT molecular complexity index is 639. The number of aliphatic carboxylic acids is 1. The van der Waals surface area contributed by atoms with E-state index in [4.69, 9.17) is 34.0 Å². The number of aromatic nitrogens is 1. The highest BCUT2D eigenvalue weighted by molar-refractivity contribution is 6.18. The van der Waals surface area contributed by atoms with Crippen LogP contribution in [0.15, 0.2) is 24.4 Å². The zero-order chi connectivity index (χ0) is 16.1. The van der Waals surface area contributed by atoms with E-state index in [0.717, 1.165) is 22.2 Å². The summed E-state index contributed by atoms with van der Waals surface area (Å²) in [6.07, 6.45) is 2.09. The van der Waals surface area contributed by atoms with Crippen molar-refractivity contribution in [2.45, 2.75) is 12.5 Å². The number of benzene rings is 1. The summed E-state index contributed by atoms with van der Waals surface area (Å²) in [6, 6.07) is 5.08. The van der Waals surface area contributed by atoms with Crippen molar-refractivity contribution in [3.05, 3.63) is 30.0 Å². The molecule has 5 nitrogen and oxygen atoms in total. The van der Waals surface area contributed by atoms with E-state index in [9.17, 15) is 4.79 Å². The van der Waals surface area contributed by atoms with Gasteiger partial charge in [-0.1, -0.05) is 0 Å². The number of nitrogens with two attached hydrogens (primary N) is 1. The summed E-state index contributed by atoms with van der Waals surface area (Å²) >= 11 is 11.7. The fourth-order valence-corrected chi connectivity index (χ4v) is 2.84. The molecule has 2 rings (SSSR count). The van der Waals surface area contributed by atoms with Gasteiger partial charge in [0.05, 0.1) is 0 Å². The number of hydrogen-bond acceptors (Lipinski definition) is 3. The fraction of sp³-hybridized carbons (Fsp3) is 0.400. The van der Waals surface area contributed by atoms with Crippen LogP contribution >= 0.6 is 23.2 Å². The molecule has 0 aliphatic heterocycles. The molecule has 0 radical (unpaired) electrons. The summed E-state index contributed by atoms with van der Waals surface area (Å²) < 4.78 is 0. The van der Waals surface area contributed by atoms with Crippen LogP contribution in [-0.2, 0) is 11.2 Å². The lowest BCUT2D eigenvalue weighted by Gasteiger charge is -2.23. The van der Waals surface area contributed by atoms with Gasteiger partial charge in [0.25, 0.3) is 0 Å². The maximum atomic E-state index is 10.9. The molecule has 1 aromatic carbocycles. The Morgan fingerprint density at radius 3 is 2.59 bits per heavy atom. The lowest BCUT2D eigenvalue weighted by atomic mass is 10.0. The number of rotatable bonds is 8. The van der Waals surface area contributed by atoms with Crippen LogP contribution in [-0.4, -0.2) is 47.0 Å². The number of carboxylic acids is 1. The molecule has 4 N–H and O–H groups in total. The third-order valence-electron chi connectivity index (χ3n) is 3.58. The zero-order valence-electron chi connectivity index (χ0n) is 12.1. The van der Waals surface area contributed by atoms with Gasteiger partial charge in [-0.15, -0.1) is 23.2 Å². The second kappa shape index (κ2) is 7.72. The molecule has 0 fully saturated rings. The van der Waals surface area contributed by atoms with E-state index in [0.29, 0.717) is 24.8 Å². The topological polar surface area (TPSA) is 82.4 Å². The molecule has 0 amide bonds. The van der Waals surface area contributed by atoms with E-state index in [-0.39, 0.29) is 6.42 Å². The SMILES string of the molecule is N[C@H](Cc1c[nH]c2ccc(N(CCCl)CCCl)cc12)C(=O)O. The molecule has 1 heterocycles. The largest absolute Gasteiger partial charge is 0.480 e. The number of anilines is 1. The number of carbonyl (C=O) groups is 1. The number of nitrogens with one attached hydrogen (secondary N) is 1. The van der Waals surface area contributed by atoms with Crippen molar-refractivity contribution >= 4 is 45.8 Å². The molecule has 0 bridgehead atoms. The third kappa shape index (κ3) is 3.85. The Morgan fingerprint density at radius 1 is 1.32 bits per heavy atom. The molecule has 0 spiro atoms. The van der Waals surface area contributed by atoms with Gasteiger partial charge in [0, 0.05) is 54.1 Å². The fourth-order valence-electron chi connectivity index (χ4n) is 2.43. The molecule has 2 aromatic rings. The first-order chi connectivity index (χ1) is 10.6. The van der Waals surface area contributed by atoms with Gasteiger partial charge in [-0.25, -0.2) is 0 Å². The van der Waals surface area contributed by atoms with Crippen LogP contribution in [0.2, 0.25) is 0 Å². The number of halogens is 2. The van der Waals surface area contributed by atoms with Gasteiger partial charge in [0.15, 0.2) is 0 Å². The second-order valence-corrected chi connectivity index (χ2v) is 5.81. The average molecular weight is 344 g/mol. The monoisotopic (exact) mass is 343 g/mol. The molecule has 0 unspecified atom stereocenters. The molecule has 0 saturated heterocycles. The maximum absolute atomic E-state index is 10.9. The number of aromatic amines is 1. The number of carboxylic acid groups (broad SMARTS) is 1. The minimum Gasteiger partial charge on any atom is -0.480 e. The van der Waals surface area contributed by atoms with E-state index >= 15 is 0 Å². The predicted molar refractivity (Wildman–Crippen MR) is 91.3 cm³/mol. The van der Waals surface area contributed by atoms with Gasteiger partial charge in [0.1, 0.15) is 6.04 Å². The summed E-state index contributed by atoms with van der Waals surface area (Å²) in [5.41, 5.74) is 8.49. The summed E-state index contributed by atoms with van der Waals surface area (Å²) in [7, 11) is 0. The summed E-state index contributed by atoms with van der Waals surface area (Å²) in [5, 5.41) is 9.94.